The molecule has 0 aliphatic carbocycles. The second-order valence-corrected chi connectivity index (χ2v) is 7.05. The normalized spacial score (nSPS) is 21.2. The van der Waals surface area contributed by atoms with Crippen molar-refractivity contribution < 1.29 is 4.74 Å². The van der Waals surface area contributed by atoms with Crippen LogP contribution in [0.15, 0.2) is 17.0 Å². The summed E-state index contributed by atoms with van der Waals surface area (Å²) < 4.78 is 8.50. The topological polar surface area (TPSA) is 45.9 Å². The van der Waals surface area contributed by atoms with E-state index in [4.69, 9.17) is 9.72 Å². The molecule has 0 amide bonds. The Hall–Kier alpha value is -1.18. The molecule has 2 aromatic rings. The average molecular weight is 380 g/mol. The predicted molar refractivity (Wildman–Crippen MR) is 93.1 cm³/mol. The summed E-state index contributed by atoms with van der Waals surface area (Å²) in [5.41, 5.74) is 2.07. The van der Waals surface area contributed by atoms with Crippen molar-refractivity contribution in [2.75, 3.05) is 44.3 Å². The van der Waals surface area contributed by atoms with Gasteiger partial charge in [-0.1, -0.05) is 0 Å². The number of piperidine rings is 1. The lowest BCUT2D eigenvalue weighted by Crippen LogP contribution is -2.49. The molecule has 2 aliphatic heterocycles. The number of halogens is 1. The molecule has 6 nitrogen and oxygen atoms in total. The summed E-state index contributed by atoms with van der Waals surface area (Å²) in [6.45, 7) is 8.04. The third-order valence-electron chi connectivity index (χ3n) is 4.99. The third kappa shape index (κ3) is 2.86. The van der Waals surface area contributed by atoms with E-state index in [9.17, 15) is 0 Å². The van der Waals surface area contributed by atoms with E-state index in [1.54, 1.807) is 0 Å². The SMILES string of the molecule is Cc1nccn2c(N3CCC(N4CCOCC4)CC3)nc(Br)c12. The van der Waals surface area contributed by atoms with Gasteiger partial charge in [-0.15, -0.1) is 0 Å². The van der Waals surface area contributed by atoms with Gasteiger partial charge in [0.1, 0.15) is 10.1 Å². The quantitative estimate of drug-likeness (QED) is 0.799. The van der Waals surface area contributed by atoms with Crippen LogP contribution in [0.2, 0.25) is 0 Å². The molecular weight excluding hydrogens is 358 g/mol. The first-order valence-corrected chi connectivity index (χ1v) is 9.09. The van der Waals surface area contributed by atoms with Gasteiger partial charge in [0.2, 0.25) is 5.95 Å². The van der Waals surface area contributed by atoms with E-state index in [0.29, 0.717) is 6.04 Å². The molecule has 4 rings (SSSR count). The summed E-state index contributed by atoms with van der Waals surface area (Å²) in [7, 11) is 0. The van der Waals surface area contributed by atoms with Gasteiger partial charge in [0.05, 0.1) is 18.9 Å². The number of hydrogen-bond donors (Lipinski definition) is 0. The van der Waals surface area contributed by atoms with Crippen molar-refractivity contribution in [3.8, 4) is 0 Å². The van der Waals surface area contributed by atoms with Crippen LogP contribution in [0.5, 0.6) is 0 Å². The first-order valence-electron chi connectivity index (χ1n) is 8.30. The Balaban J connectivity index is 1.51. The number of anilines is 1. The molecule has 0 aromatic carbocycles. The molecule has 0 spiro atoms. The van der Waals surface area contributed by atoms with Gasteiger partial charge in [-0.25, -0.2) is 4.98 Å². The van der Waals surface area contributed by atoms with E-state index in [2.05, 4.69) is 35.1 Å². The Morgan fingerprint density at radius 2 is 1.91 bits per heavy atom. The Labute approximate surface area is 144 Å². The van der Waals surface area contributed by atoms with E-state index in [-0.39, 0.29) is 0 Å². The van der Waals surface area contributed by atoms with Crippen molar-refractivity contribution in [2.45, 2.75) is 25.8 Å². The van der Waals surface area contributed by atoms with Crippen LogP contribution >= 0.6 is 15.9 Å². The van der Waals surface area contributed by atoms with E-state index in [1.165, 1.54) is 12.8 Å². The molecule has 0 N–H and O–H groups in total. The van der Waals surface area contributed by atoms with Crippen molar-refractivity contribution in [3.05, 3.63) is 22.7 Å². The standard InChI is InChI=1S/C16H22BrN5O/c1-12-14-15(17)19-16(22(14)7-4-18-12)21-5-2-13(3-6-21)20-8-10-23-11-9-20/h4,7,13H,2-3,5-6,8-11H2,1H3. The maximum atomic E-state index is 5.47. The van der Waals surface area contributed by atoms with Crippen LogP contribution in [0.4, 0.5) is 5.95 Å². The summed E-state index contributed by atoms with van der Waals surface area (Å²) in [5.74, 6) is 1.03. The molecule has 0 unspecified atom stereocenters. The molecular formula is C16H22BrN5O. The maximum absolute atomic E-state index is 5.47. The van der Waals surface area contributed by atoms with Gasteiger partial charge in [0, 0.05) is 44.6 Å². The fourth-order valence-corrected chi connectivity index (χ4v) is 4.36. The zero-order valence-electron chi connectivity index (χ0n) is 13.4. The predicted octanol–water partition coefficient (Wildman–Crippen LogP) is 2.10. The van der Waals surface area contributed by atoms with Gasteiger partial charge in [-0.3, -0.25) is 14.3 Å². The van der Waals surface area contributed by atoms with Gasteiger partial charge in [-0.05, 0) is 35.7 Å². The highest BCUT2D eigenvalue weighted by molar-refractivity contribution is 9.10. The number of nitrogens with zero attached hydrogens (tertiary/aromatic N) is 5. The molecule has 2 aliphatic rings. The highest BCUT2D eigenvalue weighted by atomic mass is 79.9. The molecule has 7 heteroatoms. The molecule has 2 aromatic heterocycles. The molecule has 0 atom stereocenters. The molecule has 0 saturated carbocycles. The second kappa shape index (κ2) is 6.37. The lowest BCUT2D eigenvalue weighted by molar-refractivity contribution is 0.0114. The zero-order chi connectivity index (χ0) is 15.8. The van der Waals surface area contributed by atoms with Crippen molar-refractivity contribution in [1.29, 1.82) is 0 Å². The lowest BCUT2D eigenvalue weighted by Gasteiger charge is -2.40. The van der Waals surface area contributed by atoms with Gasteiger partial charge < -0.3 is 9.64 Å². The average Bonchev–Trinajstić information content (AvgIpc) is 2.94. The molecule has 124 valence electrons. The highest BCUT2D eigenvalue weighted by Gasteiger charge is 2.28. The largest absolute Gasteiger partial charge is 0.379 e. The minimum absolute atomic E-state index is 0.688. The van der Waals surface area contributed by atoms with Gasteiger partial charge in [0.15, 0.2) is 0 Å². The fourth-order valence-electron chi connectivity index (χ4n) is 3.73. The molecule has 4 heterocycles. The van der Waals surface area contributed by atoms with E-state index in [1.807, 2.05) is 19.3 Å². The summed E-state index contributed by atoms with van der Waals surface area (Å²) in [5, 5.41) is 0. The summed E-state index contributed by atoms with van der Waals surface area (Å²) in [6, 6.07) is 0.688. The van der Waals surface area contributed by atoms with Crippen LogP contribution in [0.3, 0.4) is 0 Å². The van der Waals surface area contributed by atoms with E-state index < -0.39 is 0 Å². The monoisotopic (exact) mass is 379 g/mol. The summed E-state index contributed by atoms with van der Waals surface area (Å²) >= 11 is 3.59. The van der Waals surface area contributed by atoms with Crippen molar-refractivity contribution in [2.24, 2.45) is 0 Å². The second-order valence-electron chi connectivity index (χ2n) is 6.30. The van der Waals surface area contributed by atoms with Gasteiger partial charge in [0.25, 0.3) is 0 Å². The lowest BCUT2D eigenvalue weighted by atomic mass is 10.0. The van der Waals surface area contributed by atoms with Crippen LogP contribution < -0.4 is 4.90 Å². The Morgan fingerprint density at radius 3 is 2.65 bits per heavy atom. The van der Waals surface area contributed by atoms with Crippen LogP contribution in [0.1, 0.15) is 18.5 Å². The number of ether oxygens (including phenoxy) is 1. The van der Waals surface area contributed by atoms with Crippen LogP contribution in [0.25, 0.3) is 5.52 Å². The van der Waals surface area contributed by atoms with E-state index >= 15 is 0 Å². The fraction of sp³-hybridized carbons (Fsp3) is 0.625. The minimum atomic E-state index is 0.688. The number of morpholine rings is 1. The smallest absolute Gasteiger partial charge is 0.211 e. The van der Waals surface area contributed by atoms with Crippen LogP contribution in [-0.4, -0.2) is 64.7 Å². The summed E-state index contributed by atoms with van der Waals surface area (Å²) in [6.07, 6.45) is 6.23. The summed E-state index contributed by atoms with van der Waals surface area (Å²) in [4.78, 5) is 14.1. The number of rotatable bonds is 2. The highest BCUT2D eigenvalue weighted by Crippen LogP contribution is 2.28. The number of hydrogen-bond acceptors (Lipinski definition) is 5. The van der Waals surface area contributed by atoms with Crippen molar-refractivity contribution >= 4 is 27.4 Å². The van der Waals surface area contributed by atoms with E-state index in [0.717, 1.165) is 61.2 Å². The Bertz CT molecular complexity index is 689. The number of aryl methyl sites for hydroxylation is 1. The number of fused-ring (bicyclic) bond motifs is 1. The minimum Gasteiger partial charge on any atom is -0.379 e. The van der Waals surface area contributed by atoms with Crippen molar-refractivity contribution in [3.63, 3.8) is 0 Å². The number of imidazole rings is 1. The Morgan fingerprint density at radius 1 is 1.17 bits per heavy atom. The van der Waals surface area contributed by atoms with Crippen LogP contribution in [0, 0.1) is 6.92 Å². The zero-order valence-corrected chi connectivity index (χ0v) is 15.0. The van der Waals surface area contributed by atoms with Crippen LogP contribution in [-0.2, 0) is 4.74 Å². The molecule has 23 heavy (non-hydrogen) atoms. The molecule has 2 saturated heterocycles. The Kier molecular flexibility index (Phi) is 4.26. The molecule has 0 radical (unpaired) electrons. The maximum Gasteiger partial charge on any atom is 0.211 e. The van der Waals surface area contributed by atoms with Gasteiger partial charge >= 0.3 is 0 Å². The van der Waals surface area contributed by atoms with Crippen molar-refractivity contribution in [1.82, 2.24) is 19.3 Å². The first kappa shape index (κ1) is 15.4. The number of aromatic nitrogens is 3. The molecule has 0 bridgehead atoms. The van der Waals surface area contributed by atoms with Gasteiger partial charge in [-0.2, -0.15) is 0 Å². The first-order chi connectivity index (χ1) is 11.2. The third-order valence-corrected chi connectivity index (χ3v) is 5.54. The molecule has 2 fully saturated rings.